The summed E-state index contributed by atoms with van der Waals surface area (Å²) >= 11 is 6.33. The topological polar surface area (TPSA) is 76.1 Å². The highest BCUT2D eigenvalue weighted by Crippen LogP contribution is 2.44. The van der Waals surface area contributed by atoms with Crippen LogP contribution >= 0.6 is 11.6 Å². The van der Waals surface area contributed by atoms with E-state index in [1.165, 1.54) is 43.4 Å². The maximum Gasteiger partial charge on any atom is 0.295 e. The maximum absolute atomic E-state index is 13.5. The molecule has 6 nitrogen and oxygen atoms in total. The summed E-state index contributed by atoms with van der Waals surface area (Å²) in [7, 11) is 2.86. The minimum atomic E-state index is -0.903. The predicted octanol–water partition coefficient (Wildman–Crippen LogP) is 6.42. The fraction of sp³-hybridized carbons (Fsp3) is 0.267. The number of methoxy groups -OCH3 is 2. The molecular formula is C30H29ClFNO5. The highest BCUT2D eigenvalue weighted by atomic mass is 35.5. The van der Waals surface area contributed by atoms with E-state index in [0.717, 1.165) is 5.56 Å². The van der Waals surface area contributed by atoms with Crippen LogP contribution in [0.4, 0.5) is 4.39 Å². The number of ketones is 1. The van der Waals surface area contributed by atoms with Gasteiger partial charge in [0, 0.05) is 12.6 Å². The number of hydrogen-bond donors (Lipinski definition) is 1. The van der Waals surface area contributed by atoms with Crippen molar-refractivity contribution in [2.24, 2.45) is 0 Å². The molecule has 1 aliphatic rings. The molecule has 0 spiro atoms. The zero-order chi connectivity index (χ0) is 27.8. The molecule has 0 radical (unpaired) electrons. The highest BCUT2D eigenvalue weighted by Gasteiger charge is 2.46. The Hall–Kier alpha value is -3.84. The van der Waals surface area contributed by atoms with Crippen LogP contribution in [-0.2, 0) is 21.5 Å². The molecule has 1 amide bonds. The molecule has 0 bridgehead atoms. The summed E-state index contributed by atoms with van der Waals surface area (Å²) in [5.74, 6) is -1.91. The Bertz CT molecular complexity index is 1410. The fourth-order valence-electron chi connectivity index (χ4n) is 4.53. The van der Waals surface area contributed by atoms with Crippen molar-refractivity contribution >= 4 is 29.1 Å². The number of aliphatic hydroxyl groups excluding tert-OH is 1. The summed E-state index contributed by atoms with van der Waals surface area (Å²) in [5.41, 5.74) is 2.28. The first kappa shape index (κ1) is 27.2. The maximum atomic E-state index is 13.5. The van der Waals surface area contributed by atoms with Crippen LogP contribution in [0.25, 0.3) is 5.76 Å². The zero-order valence-corrected chi connectivity index (χ0v) is 22.6. The van der Waals surface area contributed by atoms with Crippen molar-refractivity contribution in [3.05, 3.63) is 99.3 Å². The van der Waals surface area contributed by atoms with Crippen LogP contribution in [0.1, 0.15) is 49.1 Å². The van der Waals surface area contributed by atoms with E-state index in [4.69, 9.17) is 21.1 Å². The van der Waals surface area contributed by atoms with E-state index in [1.54, 1.807) is 12.1 Å². The van der Waals surface area contributed by atoms with E-state index < -0.39 is 29.3 Å². The van der Waals surface area contributed by atoms with Gasteiger partial charge in [-0.15, -0.1) is 0 Å². The van der Waals surface area contributed by atoms with Crippen molar-refractivity contribution < 1.29 is 28.6 Å². The van der Waals surface area contributed by atoms with Gasteiger partial charge in [-0.2, -0.15) is 0 Å². The SMILES string of the molecule is COc1cc(OC)c(/C(O)=C2\C(=O)C(=O)N(Cc3ccc(F)cc3)C2c2ccc(C(C)(C)C)cc2)cc1Cl. The number of nitrogens with zero attached hydrogens (tertiary/aromatic N) is 1. The van der Waals surface area contributed by atoms with Gasteiger partial charge >= 0.3 is 0 Å². The van der Waals surface area contributed by atoms with Crippen molar-refractivity contribution in [2.45, 2.75) is 38.8 Å². The van der Waals surface area contributed by atoms with Crippen molar-refractivity contribution in [2.75, 3.05) is 14.2 Å². The molecule has 1 heterocycles. The molecule has 1 fully saturated rings. The van der Waals surface area contributed by atoms with E-state index in [0.29, 0.717) is 16.9 Å². The number of ether oxygens (including phenoxy) is 2. The molecule has 1 N–H and O–H groups in total. The highest BCUT2D eigenvalue weighted by molar-refractivity contribution is 6.46. The lowest BCUT2D eigenvalue weighted by Gasteiger charge is -2.27. The summed E-state index contributed by atoms with van der Waals surface area (Å²) in [5, 5.41) is 11.7. The Labute approximate surface area is 226 Å². The molecule has 3 aromatic rings. The zero-order valence-electron chi connectivity index (χ0n) is 21.8. The summed E-state index contributed by atoms with van der Waals surface area (Å²) in [4.78, 5) is 28.1. The number of rotatable bonds is 6. The van der Waals surface area contributed by atoms with Crippen LogP contribution in [0.5, 0.6) is 11.5 Å². The van der Waals surface area contributed by atoms with E-state index in [-0.39, 0.29) is 33.9 Å². The molecule has 1 unspecified atom stereocenters. The van der Waals surface area contributed by atoms with Gasteiger partial charge < -0.3 is 19.5 Å². The van der Waals surface area contributed by atoms with Crippen LogP contribution in [0.15, 0.2) is 66.2 Å². The third kappa shape index (κ3) is 5.11. The van der Waals surface area contributed by atoms with Crippen LogP contribution in [0, 0.1) is 5.82 Å². The number of Topliss-reactive ketones (excluding diaryl/α,β-unsaturated/α-hetero) is 1. The van der Waals surface area contributed by atoms with Gasteiger partial charge in [-0.05, 0) is 40.3 Å². The van der Waals surface area contributed by atoms with Crippen molar-refractivity contribution in [3.8, 4) is 11.5 Å². The van der Waals surface area contributed by atoms with E-state index in [2.05, 4.69) is 20.8 Å². The van der Waals surface area contributed by atoms with Gasteiger partial charge in [0.15, 0.2) is 0 Å². The first-order chi connectivity index (χ1) is 18.0. The number of aliphatic hydroxyl groups is 1. The molecule has 1 saturated heterocycles. The molecule has 1 atom stereocenters. The first-order valence-electron chi connectivity index (χ1n) is 12.0. The monoisotopic (exact) mass is 537 g/mol. The van der Waals surface area contributed by atoms with Crippen LogP contribution in [-0.4, -0.2) is 35.9 Å². The minimum absolute atomic E-state index is 0.0355. The van der Waals surface area contributed by atoms with E-state index in [9.17, 15) is 19.1 Å². The molecule has 0 aromatic heterocycles. The molecule has 198 valence electrons. The number of carbonyl (C=O) groups excluding carboxylic acids is 2. The largest absolute Gasteiger partial charge is 0.507 e. The number of benzene rings is 3. The number of carbonyl (C=O) groups is 2. The smallest absolute Gasteiger partial charge is 0.295 e. The van der Waals surface area contributed by atoms with Crippen molar-refractivity contribution in [1.82, 2.24) is 4.90 Å². The van der Waals surface area contributed by atoms with Crippen LogP contribution in [0.3, 0.4) is 0 Å². The van der Waals surface area contributed by atoms with Crippen molar-refractivity contribution in [3.63, 3.8) is 0 Å². The molecule has 3 aromatic carbocycles. The molecule has 4 rings (SSSR count). The van der Waals surface area contributed by atoms with Gasteiger partial charge in [0.05, 0.1) is 36.4 Å². The molecule has 1 aliphatic heterocycles. The van der Waals surface area contributed by atoms with Crippen molar-refractivity contribution in [1.29, 1.82) is 0 Å². The average molecular weight is 538 g/mol. The Morgan fingerprint density at radius 1 is 0.974 bits per heavy atom. The van der Waals surface area contributed by atoms with Gasteiger partial charge in [0.25, 0.3) is 11.7 Å². The molecule has 0 saturated carbocycles. The Balaban J connectivity index is 1.91. The van der Waals surface area contributed by atoms with Gasteiger partial charge in [0.1, 0.15) is 23.1 Å². The first-order valence-corrected chi connectivity index (χ1v) is 12.4. The Morgan fingerprint density at radius 3 is 2.13 bits per heavy atom. The number of amides is 1. The number of likely N-dealkylation sites (tertiary alicyclic amines) is 1. The number of hydrogen-bond acceptors (Lipinski definition) is 5. The molecule has 8 heteroatoms. The fourth-order valence-corrected chi connectivity index (χ4v) is 4.77. The lowest BCUT2D eigenvalue weighted by molar-refractivity contribution is -0.140. The quantitative estimate of drug-likeness (QED) is 0.223. The average Bonchev–Trinajstić information content (AvgIpc) is 3.13. The summed E-state index contributed by atoms with van der Waals surface area (Å²) in [6.07, 6.45) is 0. The summed E-state index contributed by atoms with van der Waals surface area (Å²) in [6.45, 7) is 6.29. The molecule has 38 heavy (non-hydrogen) atoms. The second kappa shape index (κ2) is 10.5. The Kier molecular flexibility index (Phi) is 7.51. The second-order valence-corrected chi connectivity index (χ2v) is 10.5. The lowest BCUT2D eigenvalue weighted by Crippen LogP contribution is -2.29. The summed E-state index contributed by atoms with van der Waals surface area (Å²) < 4.78 is 24.2. The van der Waals surface area contributed by atoms with Gasteiger partial charge in [-0.3, -0.25) is 9.59 Å². The number of halogens is 2. The second-order valence-electron chi connectivity index (χ2n) is 10.1. The normalized spacial score (nSPS) is 17.1. The standard InChI is InChI=1S/C30H29ClFNO5/c1-30(2,3)19-10-8-18(9-11-19)26-25(27(34)21-14-22(31)24(38-5)15-23(21)37-4)28(35)29(36)33(26)16-17-6-12-20(32)13-7-17/h6-15,26,34H,16H2,1-5H3/b27-25+. The van der Waals surface area contributed by atoms with Gasteiger partial charge in [-0.25, -0.2) is 4.39 Å². The van der Waals surface area contributed by atoms with Gasteiger partial charge in [-0.1, -0.05) is 68.8 Å². The third-order valence-electron chi connectivity index (χ3n) is 6.63. The molecular weight excluding hydrogens is 509 g/mol. The Morgan fingerprint density at radius 2 is 1.58 bits per heavy atom. The van der Waals surface area contributed by atoms with Crippen LogP contribution < -0.4 is 9.47 Å². The van der Waals surface area contributed by atoms with Gasteiger partial charge in [0.2, 0.25) is 0 Å². The predicted molar refractivity (Wildman–Crippen MR) is 144 cm³/mol. The lowest BCUT2D eigenvalue weighted by atomic mass is 9.85. The summed E-state index contributed by atoms with van der Waals surface area (Å²) in [6, 6.07) is 15.3. The molecule has 0 aliphatic carbocycles. The van der Waals surface area contributed by atoms with Crippen LogP contribution in [0.2, 0.25) is 5.02 Å². The minimum Gasteiger partial charge on any atom is -0.507 e. The van der Waals surface area contributed by atoms with E-state index in [1.807, 2.05) is 24.3 Å². The van der Waals surface area contributed by atoms with E-state index >= 15 is 0 Å². The third-order valence-corrected chi connectivity index (χ3v) is 6.92.